The van der Waals surface area contributed by atoms with E-state index in [1.165, 1.54) is 6.07 Å². The first-order chi connectivity index (χ1) is 9.06. The van der Waals surface area contributed by atoms with Crippen LogP contribution in [0.5, 0.6) is 0 Å². The summed E-state index contributed by atoms with van der Waals surface area (Å²) in [4.78, 5) is 12.0. The molecule has 6 heteroatoms. The van der Waals surface area contributed by atoms with Crippen LogP contribution < -0.4 is 10.6 Å². The van der Waals surface area contributed by atoms with Crippen molar-refractivity contribution in [1.29, 1.82) is 0 Å². The summed E-state index contributed by atoms with van der Waals surface area (Å²) < 4.78 is 13.5. The molecule has 1 aliphatic heterocycles. The third-order valence-electron chi connectivity index (χ3n) is 3.46. The summed E-state index contributed by atoms with van der Waals surface area (Å²) >= 11 is 3.13. The number of piperidine rings is 1. The van der Waals surface area contributed by atoms with Crippen molar-refractivity contribution in [3.8, 4) is 0 Å². The zero-order valence-corrected chi connectivity index (χ0v) is 13.7. The molecule has 1 aromatic carbocycles. The number of benzene rings is 1. The van der Waals surface area contributed by atoms with Gasteiger partial charge >= 0.3 is 0 Å². The molecule has 2 rings (SSSR count). The summed E-state index contributed by atoms with van der Waals surface area (Å²) in [5, 5.41) is 6.39. The van der Waals surface area contributed by atoms with E-state index in [0.29, 0.717) is 10.5 Å². The van der Waals surface area contributed by atoms with Gasteiger partial charge < -0.3 is 10.6 Å². The first kappa shape index (κ1) is 17.4. The lowest BCUT2D eigenvalue weighted by Crippen LogP contribution is -2.52. The predicted octanol–water partition coefficient (Wildman–Crippen LogP) is 2.81. The lowest BCUT2D eigenvalue weighted by molar-refractivity contribution is -0.121. The monoisotopic (exact) mass is 364 g/mol. The molecule has 0 aliphatic carbocycles. The average Bonchev–Trinajstić information content (AvgIpc) is 2.37. The minimum absolute atomic E-state index is 0. The zero-order valence-electron chi connectivity index (χ0n) is 11.3. The molecule has 3 nitrogen and oxygen atoms in total. The van der Waals surface area contributed by atoms with Crippen LogP contribution in [0.3, 0.4) is 0 Å². The zero-order chi connectivity index (χ0) is 13.8. The number of rotatable bonds is 3. The van der Waals surface area contributed by atoms with E-state index < -0.39 is 0 Å². The van der Waals surface area contributed by atoms with Crippen molar-refractivity contribution in [1.82, 2.24) is 10.6 Å². The summed E-state index contributed by atoms with van der Waals surface area (Å²) in [6, 6.07) is 5.15. The van der Waals surface area contributed by atoms with Gasteiger partial charge in [-0.25, -0.2) is 4.39 Å². The Morgan fingerprint density at radius 2 is 2.30 bits per heavy atom. The fourth-order valence-corrected chi connectivity index (χ4v) is 2.76. The highest BCUT2D eigenvalue weighted by Crippen LogP contribution is 2.17. The Bertz CT molecular complexity index is 472. The molecule has 0 radical (unpaired) electrons. The number of amides is 1. The van der Waals surface area contributed by atoms with Crippen molar-refractivity contribution >= 4 is 34.2 Å². The van der Waals surface area contributed by atoms with Crippen molar-refractivity contribution in [3.63, 3.8) is 0 Å². The van der Waals surface area contributed by atoms with Crippen molar-refractivity contribution in [2.75, 3.05) is 6.54 Å². The van der Waals surface area contributed by atoms with Crippen molar-refractivity contribution in [2.45, 2.75) is 38.3 Å². The van der Waals surface area contributed by atoms with E-state index in [2.05, 4.69) is 33.5 Å². The summed E-state index contributed by atoms with van der Waals surface area (Å²) in [5.74, 6) is -0.326. The van der Waals surface area contributed by atoms with Crippen LogP contribution in [0, 0.1) is 5.82 Å². The third-order valence-corrected chi connectivity index (χ3v) is 4.06. The maximum absolute atomic E-state index is 13.1. The molecule has 1 heterocycles. The maximum Gasteiger partial charge on any atom is 0.224 e. The van der Waals surface area contributed by atoms with E-state index in [1.54, 1.807) is 12.1 Å². The first-order valence-electron chi connectivity index (χ1n) is 6.53. The summed E-state index contributed by atoms with van der Waals surface area (Å²) in [6.45, 7) is 3.09. The summed E-state index contributed by atoms with van der Waals surface area (Å²) in [7, 11) is 0. The SMILES string of the molecule is CC1NCCCC1NC(=O)Cc1ccc(F)c(Br)c1.Cl. The lowest BCUT2D eigenvalue weighted by atomic mass is 9.99. The second-order valence-corrected chi connectivity index (χ2v) is 5.84. The number of hydrogen-bond donors (Lipinski definition) is 2. The van der Waals surface area contributed by atoms with Gasteiger partial charge in [0.15, 0.2) is 0 Å². The molecule has 20 heavy (non-hydrogen) atoms. The summed E-state index contributed by atoms with van der Waals surface area (Å²) in [6.07, 6.45) is 2.37. The predicted molar refractivity (Wildman–Crippen MR) is 83.7 cm³/mol. The second-order valence-electron chi connectivity index (χ2n) is 4.98. The van der Waals surface area contributed by atoms with Crippen LogP contribution >= 0.6 is 28.3 Å². The van der Waals surface area contributed by atoms with Crippen LogP contribution in [-0.4, -0.2) is 24.5 Å². The molecular formula is C14H19BrClFN2O. The standard InChI is InChI=1S/C14H18BrFN2O.ClH/c1-9-13(3-2-6-17-9)18-14(19)8-10-4-5-12(16)11(15)7-10;/h4-5,7,9,13,17H,2-3,6,8H2,1H3,(H,18,19);1H. The molecule has 1 amide bonds. The maximum atomic E-state index is 13.1. The third kappa shape index (κ3) is 4.72. The molecular weight excluding hydrogens is 347 g/mol. The quantitative estimate of drug-likeness (QED) is 0.865. The van der Waals surface area contributed by atoms with E-state index in [1.807, 2.05) is 0 Å². The van der Waals surface area contributed by atoms with E-state index in [4.69, 9.17) is 0 Å². The van der Waals surface area contributed by atoms with E-state index in [-0.39, 0.29) is 36.6 Å². The molecule has 0 bridgehead atoms. The fraction of sp³-hybridized carbons (Fsp3) is 0.500. The Hall–Kier alpha value is -0.650. The molecule has 2 atom stereocenters. The summed E-state index contributed by atoms with van der Waals surface area (Å²) in [5.41, 5.74) is 0.808. The average molecular weight is 366 g/mol. The van der Waals surface area contributed by atoms with Crippen LogP contribution in [0.15, 0.2) is 22.7 Å². The number of nitrogens with one attached hydrogen (secondary N) is 2. The molecule has 1 saturated heterocycles. The van der Waals surface area contributed by atoms with Crippen LogP contribution in [0.2, 0.25) is 0 Å². The van der Waals surface area contributed by atoms with Crippen LogP contribution in [-0.2, 0) is 11.2 Å². The van der Waals surface area contributed by atoms with E-state index >= 15 is 0 Å². The van der Waals surface area contributed by atoms with Crippen LogP contribution in [0.4, 0.5) is 4.39 Å². The van der Waals surface area contributed by atoms with Crippen LogP contribution in [0.1, 0.15) is 25.3 Å². The Morgan fingerprint density at radius 3 is 2.95 bits per heavy atom. The van der Waals surface area contributed by atoms with Crippen molar-refractivity contribution in [2.24, 2.45) is 0 Å². The van der Waals surface area contributed by atoms with Gasteiger partial charge in [-0.1, -0.05) is 6.07 Å². The minimum Gasteiger partial charge on any atom is -0.352 e. The fourth-order valence-electron chi connectivity index (χ4n) is 2.33. The van der Waals surface area contributed by atoms with Gasteiger partial charge in [0.2, 0.25) is 5.91 Å². The van der Waals surface area contributed by atoms with Crippen molar-refractivity contribution in [3.05, 3.63) is 34.1 Å². The highest BCUT2D eigenvalue weighted by molar-refractivity contribution is 9.10. The van der Waals surface area contributed by atoms with Gasteiger partial charge in [0, 0.05) is 12.1 Å². The van der Waals surface area contributed by atoms with Gasteiger partial charge in [-0.05, 0) is 59.9 Å². The Labute approximate surface area is 133 Å². The number of carbonyl (C=O) groups excluding carboxylic acids is 1. The first-order valence-corrected chi connectivity index (χ1v) is 7.32. The largest absolute Gasteiger partial charge is 0.352 e. The highest BCUT2D eigenvalue weighted by atomic mass is 79.9. The van der Waals surface area contributed by atoms with Gasteiger partial charge in [-0.2, -0.15) is 0 Å². The smallest absolute Gasteiger partial charge is 0.224 e. The van der Waals surface area contributed by atoms with Gasteiger partial charge in [-0.15, -0.1) is 12.4 Å². The van der Waals surface area contributed by atoms with Gasteiger partial charge in [0.1, 0.15) is 5.82 Å². The Morgan fingerprint density at radius 1 is 1.55 bits per heavy atom. The number of hydrogen-bond acceptors (Lipinski definition) is 2. The van der Waals surface area contributed by atoms with Gasteiger partial charge in [0.05, 0.1) is 10.9 Å². The van der Waals surface area contributed by atoms with E-state index in [0.717, 1.165) is 24.9 Å². The van der Waals surface area contributed by atoms with Crippen LogP contribution in [0.25, 0.3) is 0 Å². The lowest BCUT2D eigenvalue weighted by Gasteiger charge is -2.30. The van der Waals surface area contributed by atoms with E-state index in [9.17, 15) is 9.18 Å². The molecule has 0 saturated carbocycles. The molecule has 1 fully saturated rings. The molecule has 2 N–H and O–H groups in total. The second kappa shape index (κ2) is 7.96. The topological polar surface area (TPSA) is 41.1 Å². The Kier molecular flexibility index (Phi) is 6.92. The minimum atomic E-state index is -0.311. The molecule has 1 aliphatic rings. The molecule has 2 unspecified atom stereocenters. The Balaban J connectivity index is 0.00000200. The van der Waals surface area contributed by atoms with Crippen molar-refractivity contribution < 1.29 is 9.18 Å². The molecule has 1 aromatic rings. The molecule has 0 aromatic heterocycles. The highest BCUT2D eigenvalue weighted by Gasteiger charge is 2.22. The number of carbonyl (C=O) groups is 1. The normalized spacial score (nSPS) is 21.9. The molecule has 0 spiro atoms. The molecule has 112 valence electrons. The van der Waals surface area contributed by atoms with Gasteiger partial charge in [-0.3, -0.25) is 4.79 Å². The van der Waals surface area contributed by atoms with Gasteiger partial charge in [0.25, 0.3) is 0 Å². The number of halogens is 3.